The van der Waals surface area contributed by atoms with E-state index in [4.69, 9.17) is 5.73 Å². The van der Waals surface area contributed by atoms with E-state index in [1.165, 1.54) is 6.07 Å². The van der Waals surface area contributed by atoms with Gasteiger partial charge in [0.2, 0.25) is 0 Å². The van der Waals surface area contributed by atoms with Crippen molar-refractivity contribution in [2.45, 2.75) is 32.4 Å². The van der Waals surface area contributed by atoms with Gasteiger partial charge in [0.15, 0.2) is 0 Å². The number of nitrogens with zero attached hydrogens (tertiary/aromatic N) is 1. The molecule has 0 spiro atoms. The van der Waals surface area contributed by atoms with E-state index in [0.717, 1.165) is 12.0 Å². The Labute approximate surface area is 111 Å². The van der Waals surface area contributed by atoms with Gasteiger partial charge in [0, 0.05) is 18.6 Å². The molecule has 0 fully saturated rings. The first kappa shape index (κ1) is 14.6. The van der Waals surface area contributed by atoms with E-state index < -0.39 is 0 Å². The predicted molar refractivity (Wildman–Crippen MR) is 73.4 cm³/mol. The van der Waals surface area contributed by atoms with Crippen LogP contribution >= 0.6 is 15.9 Å². The summed E-state index contributed by atoms with van der Waals surface area (Å²) in [6.45, 7) is 4.84. The van der Waals surface area contributed by atoms with Crippen LogP contribution in [0.5, 0.6) is 0 Å². The Balaban J connectivity index is 2.97. The molecule has 0 heterocycles. The molecule has 4 heteroatoms. The van der Waals surface area contributed by atoms with Gasteiger partial charge in [-0.15, -0.1) is 0 Å². The number of halogens is 2. The third kappa shape index (κ3) is 3.50. The first-order chi connectivity index (χ1) is 8.01. The molecule has 0 aromatic heterocycles. The molecular weight excluding hydrogens is 283 g/mol. The largest absolute Gasteiger partial charge is 0.329 e. The summed E-state index contributed by atoms with van der Waals surface area (Å²) < 4.78 is 13.7. The molecule has 0 aliphatic heterocycles. The van der Waals surface area contributed by atoms with Gasteiger partial charge in [-0.3, -0.25) is 4.90 Å². The Morgan fingerprint density at radius 2 is 2.12 bits per heavy atom. The molecule has 2 unspecified atom stereocenters. The van der Waals surface area contributed by atoms with E-state index >= 15 is 0 Å². The predicted octanol–water partition coefficient (Wildman–Crippen LogP) is 3.32. The van der Waals surface area contributed by atoms with E-state index in [2.05, 4.69) is 41.7 Å². The van der Waals surface area contributed by atoms with Gasteiger partial charge in [-0.2, -0.15) is 0 Å². The molecule has 1 aromatic rings. The number of benzene rings is 1. The minimum atomic E-state index is -0.240. The average molecular weight is 303 g/mol. The third-order valence-electron chi connectivity index (χ3n) is 3.33. The van der Waals surface area contributed by atoms with Crippen LogP contribution in [-0.2, 0) is 0 Å². The molecule has 1 aromatic carbocycles. The maximum Gasteiger partial charge on any atom is 0.137 e. The van der Waals surface area contributed by atoms with Gasteiger partial charge in [-0.1, -0.05) is 13.0 Å². The van der Waals surface area contributed by atoms with E-state index in [-0.39, 0.29) is 11.9 Å². The first-order valence-electron chi connectivity index (χ1n) is 5.88. The summed E-state index contributed by atoms with van der Waals surface area (Å²) >= 11 is 3.21. The van der Waals surface area contributed by atoms with Crippen LogP contribution in [0.25, 0.3) is 0 Å². The number of likely N-dealkylation sites (N-methyl/N-ethyl adjacent to an activating group) is 1. The van der Waals surface area contributed by atoms with Gasteiger partial charge in [-0.05, 0) is 54.0 Å². The van der Waals surface area contributed by atoms with Crippen LogP contribution in [0.2, 0.25) is 0 Å². The van der Waals surface area contributed by atoms with Gasteiger partial charge < -0.3 is 5.73 Å². The number of rotatable bonds is 5. The third-order valence-corrected chi connectivity index (χ3v) is 3.94. The normalized spacial score (nSPS) is 15.0. The Morgan fingerprint density at radius 3 is 2.59 bits per heavy atom. The summed E-state index contributed by atoms with van der Waals surface area (Å²) in [7, 11) is 2.06. The van der Waals surface area contributed by atoms with Crippen LogP contribution in [0.15, 0.2) is 22.7 Å². The van der Waals surface area contributed by atoms with E-state index in [1.54, 1.807) is 6.07 Å². The molecule has 0 amide bonds. The van der Waals surface area contributed by atoms with E-state index in [9.17, 15) is 4.39 Å². The minimum Gasteiger partial charge on any atom is -0.329 e. The fourth-order valence-corrected chi connectivity index (χ4v) is 2.25. The zero-order chi connectivity index (χ0) is 13.0. The highest BCUT2D eigenvalue weighted by molar-refractivity contribution is 9.10. The summed E-state index contributed by atoms with van der Waals surface area (Å²) in [5.74, 6) is -0.240. The maximum atomic E-state index is 13.2. The van der Waals surface area contributed by atoms with Crippen LogP contribution in [0, 0.1) is 5.82 Å². The zero-order valence-electron chi connectivity index (χ0n) is 10.6. The molecule has 0 aliphatic carbocycles. The van der Waals surface area contributed by atoms with Gasteiger partial charge in [0.25, 0.3) is 0 Å². The smallest absolute Gasteiger partial charge is 0.137 e. The molecule has 17 heavy (non-hydrogen) atoms. The summed E-state index contributed by atoms with van der Waals surface area (Å²) in [6, 6.07) is 5.67. The van der Waals surface area contributed by atoms with Crippen molar-refractivity contribution in [3.63, 3.8) is 0 Å². The molecule has 0 aliphatic rings. The van der Waals surface area contributed by atoms with Crippen LogP contribution in [0.3, 0.4) is 0 Å². The second kappa shape index (κ2) is 6.47. The number of hydrogen-bond acceptors (Lipinski definition) is 2. The van der Waals surface area contributed by atoms with Gasteiger partial charge in [-0.25, -0.2) is 4.39 Å². The highest BCUT2D eigenvalue weighted by atomic mass is 79.9. The molecule has 0 radical (unpaired) electrons. The molecule has 96 valence electrons. The molecule has 1 rings (SSSR count). The van der Waals surface area contributed by atoms with Crippen LogP contribution < -0.4 is 5.73 Å². The van der Waals surface area contributed by atoms with Crippen molar-refractivity contribution in [3.05, 3.63) is 34.1 Å². The molecule has 2 N–H and O–H groups in total. The maximum absolute atomic E-state index is 13.2. The monoisotopic (exact) mass is 302 g/mol. The van der Waals surface area contributed by atoms with Crippen molar-refractivity contribution in [1.82, 2.24) is 4.90 Å². The summed E-state index contributed by atoms with van der Waals surface area (Å²) in [5, 5.41) is 0. The SMILES string of the molecule is CCC(C)N(C)C(CN)c1ccc(F)c(Br)c1. The van der Waals surface area contributed by atoms with E-state index in [1.807, 2.05) is 6.07 Å². The Kier molecular flexibility index (Phi) is 5.56. The van der Waals surface area contributed by atoms with Crippen LogP contribution in [0.4, 0.5) is 4.39 Å². The van der Waals surface area contributed by atoms with Crippen molar-refractivity contribution in [2.24, 2.45) is 5.73 Å². The Bertz CT molecular complexity index is 370. The fraction of sp³-hybridized carbons (Fsp3) is 0.538. The van der Waals surface area contributed by atoms with Crippen LogP contribution in [-0.4, -0.2) is 24.5 Å². The lowest BCUT2D eigenvalue weighted by atomic mass is 10.0. The minimum absolute atomic E-state index is 0.127. The van der Waals surface area contributed by atoms with Crippen molar-refractivity contribution >= 4 is 15.9 Å². The first-order valence-corrected chi connectivity index (χ1v) is 6.67. The zero-order valence-corrected chi connectivity index (χ0v) is 12.2. The second-order valence-electron chi connectivity index (χ2n) is 4.35. The lowest BCUT2D eigenvalue weighted by molar-refractivity contribution is 0.184. The Hall–Kier alpha value is -0.450. The average Bonchev–Trinajstić information content (AvgIpc) is 2.33. The summed E-state index contributed by atoms with van der Waals surface area (Å²) in [6.07, 6.45) is 1.06. The number of nitrogens with two attached hydrogens (primary N) is 1. The molecular formula is C13H20BrFN2. The summed E-state index contributed by atoms with van der Waals surface area (Å²) in [4.78, 5) is 2.24. The van der Waals surface area contributed by atoms with Crippen molar-refractivity contribution < 1.29 is 4.39 Å². The van der Waals surface area contributed by atoms with Crippen LogP contribution in [0.1, 0.15) is 31.9 Å². The van der Waals surface area contributed by atoms with E-state index in [0.29, 0.717) is 17.1 Å². The molecule has 0 saturated carbocycles. The fourth-order valence-electron chi connectivity index (χ4n) is 1.85. The molecule has 0 bridgehead atoms. The number of hydrogen-bond donors (Lipinski definition) is 1. The standard InChI is InChI=1S/C13H20BrFN2/c1-4-9(2)17(3)13(8-16)10-5-6-12(15)11(14)7-10/h5-7,9,13H,4,8,16H2,1-3H3. The highest BCUT2D eigenvalue weighted by Crippen LogP contribution is 2.25. The van der Waals surface area contributed by atoms with Gasteiger partial charge >= 0.3 is 0 Å². The molecule has 2 nitrogen and oxygen atoms in total. The van der Waals surface area contributed by atoms with Crippen molar-refractivity contribution in [3.8, 4) is 0 Å². The topological polar surface area (TPSA) is 29.3 Å². The lowest BCUT2D eigenvalue weighted by Gasteiger charge is -2.32. The van der Waals surface area contributed by atoms with Crippen molar-refractivity contribution in [1.29, 1.82) is 0 Å². The quantitative estimate of drug-likeness (QED) is 0.904. The highest BCUT2D eigenvalue weighted by Gasteiger charge is 2.19. The van der Waals surface area contributed by atoms with Gasteiger partial charge in [0.05, 0.1) is 4.47 Å². The Morgan fingerprint density at radius 1 is 1.47 bits per heavy atom. The lowest BCUT2D eigenvalue weighted by Crippen LogP contribution is -2.36. The molecule has 0 saturated heterocycles. The van der Waals surface area contributed by atoms with Crippen molar-refractivity contribution in [2.75, 3.05) is 13.6 Å². The molecule has 2 atom stereocenters. The van der Waals surface area contributed by atoms with Gasteiger partial charge in [0.1, 0.15) is 5.82 Å². The second-order valence-corrected chi connectivity index (χ2v) is 5.20. The summed E-state index contributed by atoms with van der Waals surface area (Å²) in [5.41, 5.74) is 6.88.